The molecule has 0 aromatic carbocycles. The molecule has 1 saturated carbocycles. The van der Waals surface area contributed by atoms with E-state index in [-0.39, 0.29) is 11.5 Å². The van der Waals surface area contributed by atoms with Crippen molar-refractivity contribution in [2.45, 2.75) is 73.8 Å². The highest BCUT2D eigenvalue weighted by molar-refractivity contribution is 4.97. The third-order valence-electron chi connectivity index (χ3n) is 5.05. The van der Waals surface area contributed by atoms with Crippen LogP contribution in [0.15, 0.2) is 0 Å². The molecule has 1 aliphatic rings. The highest BCUT2D eigenvalue weighted by atomic mass is 16.3. The average molecular weight is 226 g/mol. The topological polar surface area (TPSA) is 20.2 Å². The number of aliphatic hydroxyl groups excluding tert-OH is 1. The summed E-state index contributed by atoms with van der Waals surface area (Å²) in [6, 6.07) is 0. The minimum Gasteiger partial charge on any atom is -0.393 e. The van der Waals surface area contributed by atoms with E-state index in [9.17, 15) is 5.11 Å². The smallest absolute Gasteiger partial charge is 0.0573 e. The van der Waals surface area contributed by atoms with Crippen LogP contribution in [0.4, 0.5) is 0 Å². The minimum absolute atomic E-state index is 0.101. The predicted octanol–water partition coefficient (Wildman–Crippen LogP) is 4.25. The molecule has 0 spiro atoms. The molecule has 1 fully saturated rings. The van der Waals surface area contributed by atoms with Gasteiger partial charge in [0.1, 0.15) is 0 Å². The van der Waals surface area contributed by atoms with Crippen molar-refractivity contribution >= 4 is 0 Å². The Balaban J connectivity index is 2.91. The molecule has 1 N–H and O–H groups in total. The lowest BCUT2D eigenvalue weighted by atomic mass is 9.54. The van der Waals surface area contributed by atoms with Gasteiger partial charge >= 0.3 is 0 Å². The molecule has 1 heteroatoms. The van der Waals surface area contributed by atoms with Crippen LogP contribution in [0.25, 0.3) is 0 Å². The van der Waals surface area contributed by atoms with Gasteiger partial charge in [-0.1, -0.05) is 48.5 Å². The summed E-state index contributed by atoms with van der Waals surface area (Å²) in [5.74, 6) is 0.436. The Kier molecular flexibility index (Phi) is 3.52. The predicted molar refractivity (Wildman–Crippen MR) is 70.4 cm³/mol. The van der Waals surface area contributed by atoms with Crippen LogP contribution in [0, 0.1) is 22.2 Å². The van der Waals surface area contributed by atoms with Gasteiger partial charge < -0.3 is 5.11 Å². The van der Waals surface area contributed by atoms with E-state index in [0.29, 0.717) is 16.7 Å². The Morgan fingerprint density at radius 2 is 1.56 bits per heavy atom. The lowest BCUT2D eigenvalue weighted by molar-refractivity contribution is -0.0721. The van der Waals surface area contributed by atoms with E-state index in [1.165, 1.54) is 0 Å². The number of rotatable bonds is 0. The third kappa shape index (κ3) is 2.61. The summed E-state index contributed by atoms with van der Waals surface area (Å²) in [4.78, 5) is 0. The zero-order chi connectivity index (χ0) is 12.8. The molecule has 3 unspecified atom stereocenters. The van der Waals surface area contributed by atoms with E-state index in [2.05, 4.69) is 48.5 Å². The van der Waals surface area contributed by atoms with Crippen LogP contribution in [0.3, 0.4) is 0 Å². The molecule has 1 rings (SSSR count). The summed E-state index contributed by atoms with van der Waals surface area (Å²) in [7, 11) is 0. The molecule has 0 saturated heterocycles. The molecule has 0 aromatic heterocycles. The molecule has 0 aliphatic heterocycles. The van der Waals surface area contributed by atoms with Gasteiger partial charge in [0, 0.05) is 0 Å². The fourth-order valence-electron chi connectivity index (χ4n) is 2.96. The summed E-state index contributed by atoms with van der Waals surface area (Å²) in [6.07, 6.45) is 3.18. The van der Waals surface area contributed by atoms with Crippen molar-refractivity contribution in [3.8, 4) is 0 Å². The maximum absolute atomic E-state index is 10.2. The van der Waals surface area contributed by atoms with Gasteiger partial charge in [0.15, 0.2) is 0 Å². The zero-order valence-electron chi connectivity index (χ0n) is 12.2. The fraction of sp³-hybridized carbons (Fsp3) is 1.00. The van der Waals surface area contributed by atoms with E-state index < -0.39 is 0 Å². The van der Waals surface area contributed by atoms with E-state index in [1.807, 2.05) is 0 Å². The average Bonchev–Trinajstić information content (AvgIpc) is 2.05. The van der Waals surface area contributed by atoms with Gasteiger partial charge in [-0.05, 0) is 41.4 Å². The first kappa shape index (κ1) is 14.0. The molecule has 0 amide bonds. The van der Waals surface area contributed by atoms with Gasteiger partial charge in [0.2, 0.25) is 0 Å². The summed E-state index contributed by atoms with van der Waals surface area (Å²) >= 11 is 0. The zero-order valence-corrected chi connectivity index (χ0v) is 12.2. The molecule has 3 atom stereocenters. The first-order valence-corrected chi connectivity index (χ1v) is 6.65. The fourth-order valence-corrected chi connectivity index (χ4v) is 2.96. The van der Waals surface area contributed by atoms with Gasteiger partial charge in [-0.2, -0.15) is 0 Å². The SMILES string of the molecule is CC(C)(C)C1CC(C)(C(C)(C)C)CCC1O. The molecule has 16 heavy (non-hydrogen) atoms. The van der Waals surface area contributed by atoms with Crippen LogP contribution in [0.1, 0.15) is 67.7 Å². The normalized spacial score (nSPS) is 37.5. The van der Waals surface area contributed by atoms with E-state index >= 15 is 0 Å². The van der Waals surface area contributed by atoms with Crippen molar-refractivity contribution in [1.29, 1.82) is 0 Å². The minimum atomic E-state index is -0.101. The van der Waals surface area contributed by atoms with Crippen molar-refractivity contribution in [3.63, 3.8) is 0 Å². The van der Waals surface area contributed by atoms with Gasteiger partial charge in [-0.3, -0.25) is 0 Å². The maximum Gasteiger partial charge on any atom is 0.0573 e. The molecule has 1 aliphatic carbocycles. The third-order valence-corrected chi connectivity index (χ3v) is 5.05. The highest BCUT2D eigenvalue weighted by Crippen LogP contribution is 2.54. The molecule has 0 aromatic rings. The van der Waals surface area contributed by atoms with Crippen LogP contribution in [-0.2, 0) is 0 Å². The van der Waals surface area contributed by atoms with Crippen LogP contribution < -0.4 is 0 Å². The van der Waals surface area contributed by atoms with E-state index in [0.717, 1.165) is 19.3 Å². The molecular formula is C15H30O. The summed E-state index contributed by atoms with van der Waals surface area (Å²) in [6.45, 7) is 16.2. The molecule has 1 nitrogen and oxygen atoms in total. The van der Waals surface area contributed by atoms with Crippen molar-refractivity contribution in [3.05, 3.63) is 0 Å². The maximum atomic E-state index is 10.2. The quantitative estimate of drug-likeness (QED) is 0.655. The van der Waals surface area contributed by atoms with Crippen LogP contribution in [0.5, 0.6) is 0 Å². The van der Waals surface area contributed by atoms with Crippen molar-refractivity contribution in [2.24, 2.45) is 22.2 Å². The lowest BCUT2D eigenvalue weighted by Gasteiger charge is -2.52. The van der Waals surface area contributed by atoms with Crippen LogP contribution in [0.2, 0.25) is 0 Å². The molecule has 0 heterocycles. The van der Waals surface area contributed by atoms with Crippen LogP contribution in [-0.4, -0.2) is 11.2 Å². The standard InChI is InChI=1S/C15H30O/c1-13(2,3)11-10-15(7,14(4,5)6)9-8-12(11)16/h11-12,16H,8-10H2,1-7H3. The second kappa shape index (κ2) is 4.01. The Labute approximate surface area is 102 Å². The molecule has 0 radical (unpaired) electrons. The largest absolute Gasteiger partial charge is 0.393 e. The van der Waals surface area contributed by atoms with Gasteiger partial charge in [-0.15, -0.1) is 0 Å². The summed E-state index contributed by atoms with van der Waals surface area (Å²) in [5.41, 5.74) is 0.910. The Bertz CT molecular complexity index is 243. The van der Waals surface area contributed by atoms with Gasteiger partial charge in [0.25, 0.3) is 0 Å². The van der Waals surface area contributed by atoms with Crippen molar-refractivity contribution in [2.75, 3.05) is 0 Å². The number of hydrogen-bond acceptors (Lipinski definition) is 1. The molecule has 96 valence electrons. The molecular weight excluding hydrogens is 196 g/mol. The Hall–Kier alpha value is -0.0400. The second-order valence-corrected chi connectivity index (χ2v) is 8.09. The Morgan fingerprint density at radius 3 is 1.94 bits per heavy atom. The van der Waals surface area contributed by atoms with E-state index in [4.69, 9.17) is 0 Å². The first-order chi connectivity index (χ1) is 6.97. The highest BCUT2D eigenvalue weighted by Gasteiger charge is 2.47. The number of aliphatic hydroxyl groups is 1. The van der Waals surface area contributed by atoms with E-state index in [1.54, 1.807) is 0 Å². The van der Waals surface area contributed by atoms with Crippen LogP contribution >= 0.6 is 0 Å². The molecule has 0 bridgehead atoms. The number of hydrogen-bond donors (Lipinski definition) is 1. The van der Waals surface area contributed by atoms with Crippen molar-refractivity contribution < 1.29 is 5.11 Å². The van der Waals surface area contributed by atoms with Crippen molar-refractivity contribution in [1.82, 2.24) is 0 Å². The lowest BCUT2D eigenvalue weighted by Crippen LogP contribution is -2.46. The first-order valence-electron chi connectivity index (χ1n) is 6.65. The Morgan fingerprint density at radius 1 is 1.06 bits per heavy atom. The van der Waals surface area contributed by atoms with Gasteiger partial charge in [0.05, 0.1) is 6.10 Å². The van der Waals surface area contributed by atoms with Gasteiger partial charge in [-0.25, -0.2) is 0 Å². The second-order valence-electron chi connectivity index (χ2n) is 8.09. The summed E-state index contributed by atoms with van der Waals surface area (Å²) < 4.78 is 0. The summed E-state index contributed by atoms with van der Waals surface area (Å²) in [5, 5.41) is 10.2. The monoisotopic (exact) mass is 226 g/mol.